The maximum atomic E-state index is 6.32. The number of hydrogen-bond donors (Lipinski definition) is 1. The van der Waals surface area contributed by atoms with E-state index < -0.39 is 0 Å². The predicted octanol–water partition coefficient (Wildman–Crippen LogP) is 3.28. The first-order valence-electron chi connectivity index (χ1n) is 8.32. The third kappa shape index (κ3) is 3.55. The molecule has 0 aromatic rings. The van der Waals surface area contributed by atoms with Crippen LogP contribution in [0.15, 0.2) is 0 Å². The molecule has 0 spiro atoms. The van der Waals surface area contributed by atoms with Gasteiger partial charge in [0, 0.05) is 31.8 Å². The molecule has 0 radical (unpaired) electrons. The van der Waals surface area contributed by atoms with E-state index in [4.69, 9.17) is 10.5 Å². The summed E-state index contributed by atoms with van der Waals surface area (Å²) in [5.41, 5.74) is 6.87. The monoisotopic (exact) mass is 284 g/mol. The van der Waals surface area contributed by atoms with E-state index in [2.05, 4.69) is 39.5 Å². The van der Waals surface area contributed by atoms with Gasteiger partial charge in [-0.3, -0.25) is 4.90 Å². The van der Waals surface area contributed by atoms with Gasteiger partial charge in [-0.1, -0.05) is 34.6 Å². The third-order valence-corrected chi connectivity index (χ3v) is 5.41. The maximum absolute atomic E-state index is 6.32. The molecule has 2 N–H and O–H groups in total. The Morgan fingerprint density at radius 1 is 1.30 bits per heavy atom. The van der Waals surface area contributed by atoms with Crippen LogP contribution in [0.25, 0.3) is 0 Å². The Morgan fingerprint density at radius 2 is 1.90 bits per heavy atom. The summed E-state index contributed by atoms with van der Waals surface area (Å²) >= 11 is 0. The van der Waals surface area contributed by atoms with Crippen LogP contribution in [0.3, 0.4) is 0 Å². The van der Waals surface area contributed by atoms with E-state index >= 15 is 0 Å². The van der Waals surface area contributed by atoms with Gasteiger partial charge in [0.1, 0.15) is 0 Å². The van der Waals surface area contributed by atoms with Crippen LogP contribution >= 0.6 is 0 Å². The molecule has 0 aliphatic heterocycles. The summed E-state index contributed by atoms with van der Waals surface area (Å²) < 4.78 is 5.37. The molecule has 0 amide bonds. The first kappa shape index (κ1) is 17.9. The molecule has 1 saturated carbocycles. The smallest absolute Gasteiger partial charge is 0.0590 e. The summed E-state index contributed by atoms with van der Waals surface area (Å²) in [6, 6.07) is 0.616. The van der Waals surface area contributed by atoms with Crippen molar-refractivity contribution in [2.45, 2.75) is 71.9 Å². The van der Waals surface area contributed by atoms with Crippen molar-refractivity contribution in [1.29, 1.82) is 0 Å². The highest BCUT2D eigenvalue weighted by Gasteiger charge is 2.52. The third-order valence-electron chi connectivity index (χ3n) is 5.41. The lowest BCUT2D eigenvalue weighted by atomic mass is 9.83. The SMILES string of the molecule is CCC(CC)N(CCOC)C1(CN)CC(C)(C)CC1C. The molecule has 20 heavy (non-hydrogen) atoms. The Hall–Kier alpha value is -0.120. The fourth-order valence-corrected chi connectivity index (χ4v) is 4.56. The van der Waals surface area contributed by atoms with Gasteiger partial charge in [0.05, 0.1) is 6.61 Å². The van der Waals surface area contributed by atoms with Gasteiger partial charge in [-0.05, 0) is 37.0 Å². The average Bonchev–Trinajstić information content (AvgIpc) is 2.64. The van der Waals surface area contributed by atoms with Crippen molar-refractivity contribution in [2.75, 3.05) is 26.8 Å². The Morgan fingerprint density at radius 3 is 2.25 bits per heavy atom. The summed E-state index contributed by atoms with van der Waals surface area (Å²) in [5.74, 6) is 0.653. The lowest BCUT2D eigenvalue weighted by Gasteiger charge is -2.48. The van der Waals surface area contributed by atoms with Gasteiger partial charge in [0.15, 0.2) is 0 Å². The second kappa shape index (κ2) is 7.24. The number of methoxy groups -OCH3 is 1. The van der Waals surface area contributed by atoms with E-state index in [1.807, 2.05) is 0 Å². The highest BCUT2D eigenvalue weighted by atomic mass is 16.5. The fourth-order valence-electron chi connectivity index (χ4n) is 4.56. The molecule has 2 atom stereocenters. The molecule has 1 rings (SSSR count). The Balaban J connectivity index is 3.06. The molecule has 1 aliphatic rings. The summed E-state index contributed by atoms with van der Waals surface area (Å²) in [7, 11) is 1.79. The second-order valence-corrected chi connectivity index (χ2v) is 7.41. The van der Waals surface area contributed by atoms with E-state index in [-0.39, 0.29) is 5.54 Å². The van der Waals surface area contributed by atoms with Gasteiger partial charge in [0.2, 0.25) is 0 Å². The second-order valence-electron chi connectivity index (χ2n) is 7.41. The highest BCUT2D eigenvalue weighted by Crippen LogP contribution is 2.50. The van der Waals surface area contributed by atoms with Crippen LogP contribution in [-0.4, -0.2) is 43.3 Å². The van der Waals surface area contributed by atoms with Crippen LogP contribution in [0.1, 0.15) is 60.3 Å². The molecular weight excluding hydrogens is 248 g/mol. The largest absolute Gasteiger partial charge is 0.383 e. The Bertz CT molecular complexity index is 289. The van der Waals surface area contributed by atoms with E-state index in [0.29, 0.717) is 17.4 Å². The van der Waals surface area contributed by atoms with Crippen molar-refractivity contribution in [2.24, 2.45) is 17.1 Å². The summed E-state index contributed by atoms with van der Waals surface area (Å²) in [6.45, 7) is 14.3. The molecule has 3 heteroatoms. The zero-order chi connectivity index (χ0) is 15.4. The van der Waals surface area contributed by atoms with Crippen molar-refractivity contribution in [3.8, 4) is 0 Å². The van der Waals surface area contributed by atoms with Crippen LogP contribution in [0.5, 0.6) is 0 Å². The summed E-state index contributed by atoms with van der Waals surface area (Å²) in [6.07, 6.45) is 4.86. The molecule has 0 aromatic heterocycles. The molecule has 1 fully saturated rings. The van der Waals surface area contributed by atoms with Crippen LogP contribution in [0.4, 0.5) is 0 Å². The first-order valence-corrected chi connectivity index (χ1v) is 8.32. The highest BCUT2D eigenvalue weighted by molar-refractivity contribution is 5.07. The van der Waals surface area contributed by atoms with Gasteiger partial charge in [0.25, 0.3) is 0 Å². The van der Waals surface area contributed by atoms with Gasteiger partial charge in [-0.25, -0.2) is 0 Å². The van der Waals surface area contributed by atoms with Crippen LogP contribution in [-0.2, 0) is 4.74 Å². The normalized spacial score (nSPS) is 29.6. The zero-order valence-corrected chi connectivity index (χ0v) is 14.5. The van der Waals surface area contributed by atoms with E-state index in [1.165, 1.54) is 25.7 Å². The number of nitrogens with two attached hydrogens (primary N) is 1. The summed E-state index contributed by atoms with van der Waals surface area (Å²) in [5, 5.41) is 0. The van der Waals surface area contributed by atoms with Crippen molar-refractivity contribution < 1.29 is 4.74 Å². The van der Waals surface area contributed by atoms with Gasteiger partial charge in [-0.15, -0.1) is 0 Å². The minimum Gasteiger partial charge on any atom is -0.383 e. The Labute approximate surface area is 126 Å². The molecule has 0 heterocycles. The van der Waals surface area contributed by atoms with Gasteiger partial charge < -0.3 is 10.5 Å². The van der Waals surface area contributed by atoms with E-state index in [1.54, 1.807) is 7.11 Å². The van der Waals surface area contributed by atoms with E-state index in [0.717, 1.165) is 19.7 Å². The van der Waals surface area contributed by atoms with E-state index in [9.17, 15) is 0 Å². The molecule has 0 aromatic carbocycles. The lowest BCUT2D eigenvalue weighted by Crippen LogP contribution is -2.60. The standard InChI is InChI=1S/C17H36N2O/c1-7-15(8-2)19(9-10-20-6)17(13-18)12-16(4,5)11-14(17)3/h14-15H,7-13,18H2,1-6H3. The van der Waals surface area contributed by atoms with Gasteiger partial charge >= 0.3 is 0 Å². The van der Waals surface area contributed by atoms with Crippen molar-refractivity contribution >= 4 is 0 Å². The quantitative estimate of drug-likeness (QED) is 0.743. The molecule has 2 unspecified atom stereocenters. The number of nitrogens with zero attached hydrogens (tertiary/aromatic N) is 1. The van der Waals surface area contributed by atoms with Crippen molar-refractivity contribution in [3.05, 3.63) is 0 Å². The lowest BCUT2D eigenvalue weighted by molar-refractivity contribution is -0.00311. The van der Waals surface area contributed by atoms with Crippen molar-refractivity contribution in [1.82, 2.24) is 4.90 Å². The molecule has 3 nitrogen and oxygen atoms in total. The minimum atomic E-state index is 0.152. The molecule has 0 saturated heterocycles. The number of rotatable bonds is 8. The van der Waals surface area contributed by atoms with Gasteiger partial charge in [-0.2, -0.15) is 0 Å². The Kier molecular flexibility index (Phi) is 6.49. The van der Waals surface area contributed by atoms with Crippen LogP contribution in [0, 0.1) is 11.3 Å². The summed E-state index contributed by atoms with van der Waals surface area (Å²) in [4.78, 5) is 2.69. The molecule has 0 bridgehead atoms. The van der Waals surface area contributed by atoms with Crippen molar-refractivity contribution in [3.63, 3.8) is 0 Å². The predicted molar refractivity (Wildman–Crippen MR) is 86.9 cm³/mol. The van der Waals surface area contributed by atoms with Crippen LogP contribution < -0.4 is 5.73 Å². The molecule has 120 valence electrons. The zero-order valence-electron chi connectivity index (χ0n) is 14.5. The maximum Gasteiger partial charge on any atom is 0.0590 e. The fraction of sp³-hybridized carbons (Fsp3) is 1.00. The first-order chi connectivity index (χ1) is 9.36. The minimum absolute atomic E-state index is 0.152. The molecule has 1 aliphatic carbocycles. The average molecular weight is 284 g/mol. The van der Waals surface area contributed by atoms with Crippen LogP contribution in [0.2, 0.25) is 0 Å². The topological polar surface area (TPSA) is 38.5 Å². The molecular formula is C17H36N2O. The number of hydrogen-bond acceptors (Lipinski definition) is 3. The number of ether oxygens (including phenoxy) is 1.